The van der Waals surface area contributed by atoms with E-state index in [-0.39, 0.29) is 0 Å². The van der Waals surface area contributed by atoms with Crippen LogP contribution in [0.3, 0.4) is 0 Å². The third-order valence-electron chi connectivity index (χ3n) is 4.34. The van der Waals surface area contributed by atoms with Gasteiger partial charge in [0, 0.05) is 13.1 Å². The van der Waals surface area contributed by atoms with Crippen LogP contribution in [-0.4, -0.2) is 34.6 Å². The molecule has 3 aromatic rings. The molecule has 4 rings (SSSR count). The first-order chi connectivity index (χ1) is 12.4. The van der Waals surface area contributed by atoms with E-state index in [9.17, 15) is 0 Å². The Morgan fingerprint density at radius 2 is 1.92 bits per heavy atom. The molecule has 1 aliphatic rings. The molecule has 5 heteroatoms. The van der Waals surface area contributed by atoms with Gasteiger partial charge in [0.15, 0.2) is 0 Å². The lowest BCUT2D eigenvalue weighted by atomic mass is 10.1. The van der Waals surface area contributed by atoms with Crippen molar-refractivity contribution in [3.8, 4) is 17.6 Å². The molecule has 126 valence electrons. The van der Waals surface area contributed by atoms with Crippen molar-refractivity contribution in [3.05, 3.63) is 48.4 Å². The minimum atomic E-state index is 0.351. The monoisotopic (exact) mass is 332 g/mol. The van der Waals surface area contributed by atoms with Crippen molar-refractivity contribution in [1.29, 1.82) is 0 Å². The first kappa shape index (κ1) is 15.5. The third kappa shape index (κ3) is 3.58. The van der Waals surface area contributed by atoms with Crippen molar-refractivity contribution in [3.63, 3.8) is 0 Å². The van der Waals surface area contributed by atoms with Crippen molar-refractivity contribution < 1.29 is 4.74 Å². The minimum absolute atomic E-state index is 0.351. The summed E-state index contributed by atoms with van der Waals surface area (Å²) in [6.45, 7) is 2.47. The van der Waals surface area contributed by atoms with Crippen molar-refractivity contribution >= 4 is 16.9 Å². The van der Waals surface area contributed by atoms with Crippen LogP contribution >= 0.6 is 0 Å². The zero-order chi connectivity index (χ0) is 16.9. The normalized spacial score (nSPS) is 14.2. The van der Waals surface area contributed by atoms with Crippen molar-refractivity contribution in [2.24, 2.45) is 0 Å². The number of rotatable bonds is 3. The van der Waals surface area contributed by atoms with Gasteiger partial charge < -0.3 is 14.6 Å². The van der Waals surface area contributed by atoms with Crippen LogP contribution in [0.2, 0.25) is 0 Å². The predicted octanol–water partition coefficient (Wildman–Crippen LogP) is 3.38. The number of nitrogens with zero attached hydrogens (tertiary/aromatic N) is 3. The molecule has 1 fully saturated rings. The molecule has 1 saturated heterocycles. The lowest BCUT2D eigenvalue weighted by Gasteiger charge is -2.27. The van der Waals surface area contributed by atoms with Gasteiger partial charge in [-0.1, -0.05) is 24.1 Å². The number of benzene rings is 1. The zero-order valence-corrected chi connectivity index (χ0v) is 14.0. The van der Waals surface area contributed by atoms with Gasteiger partial charge in [0.05, 0.1) is 11.1 Å². The number of fused-ring (bicyclic) bond motifs is 1. The SMILES string of the molecule is C(#Cc1cc2c(N3CCCCC3)ncnc2[nH]1)COc1ccccc1. The summed E-state index contributed by atoms with van der Waals surface area (Å²) in [7, 11) is 0. The van der Waals surface area contributed by atoms with Crippen molar-refractivity contribution in [2.45, 2.75) is 19.3 Å². The Morgan fingerprint density at radius 1 is 1.08 bits per heavy atom. The Bertz CT molecular complexity index is 902. The molecule has 2 aromatic heterocycles. The molecular weight excluding hydrogens is 312 g/mol. The molecule has 1 aliphatic heterocycles. The van der Waals surface area contributed by atoms with Gasteiger partial charge in [-0.3, -0.25) is 0 Å². The van der Waals surface area contributed by atoms with Gasteiger partial charge in [0.2, 0.25) is 0 Å². The van der Waals surface area contributed by atoms with Crippen molar-refractivity contribution in [2.75, 3.05) is 24.6 Å². The Balaban J connectivity index is 1.50. The molecule has 5 nitrogen and oxygen atoms in total. The topological polar surface area (TPSA) is 54.0 Å². The Kier molecular flexibility index (Phi) is 4.51. The van der Waals surface area contributed by atoms with E-state index in [1.807, 2.05) is 36.4 Å². The fraction of sp³-hybridized carbons (Fsp3) is 0.300. The van der Waals surface area contributed by atoms with Crippen LogP contribution in [0.1, 0.15) is 25.0 Å². The molecule has 0 saturated carbocycles. The maximum absolute atomic E-state index is 5.60. The van der Waals surface area contributed by atoms with Gasteiger partial charge in [0.25, 0.3) is 0 Å². The van der Waals surface area contributed by atoms with Crippen LogP contribution < -0.4 is 9.64 Å². The molecule has 25 heavy (non-hydrogen) atoms. The summed E-state index contributed by atoms with van der Waals surface area (Å²) < 4.78 is 5.60. The summed E-state index contributed by atoms with van der Waals surface area (Å²) in [6.07, 6.45) is 5.37. The quantitative estimate of drug-likeness (QED) is 0.747. The summed E-state index contributed by atoms with van der Waals surface area (Å²) in [5.41, 5.74) is 1.68. The number of para-hydroxylation sites is 1. The smallest absolute Gasteiger partial charge is 0.149 e. The Labute approximate surface area is 147 Å². The Hall–Kier alpha value is -3.00. The molecule has 0 unspecified atom stereocenters. The van der Waals surface area contributed by atoms with E-state index in [4.69, 9.17) is 4.74 Å². The summed E-state index contributed by atoms with van der Waals surface area (Å²) in [5, 5.41) is 1.04. The highest BCUT2D eigenvalue weighted by Gasteiger charge is 2.16. The molecule has 0 bridgehead atoms. The fourth-order valence-corrected chi connectivity index (χ4v) is 3.12. The van der Waals surface area contributed by atoms with Crippen LogP contribution in [0.5, 0.6) is 5.75 Å². The second kappa shape index (κ2) is 7.27. The molecule has 0 radical (unpaired) electrons. The molecule has 0 atom stereocenters. The standard InChI is InChI=1S/C20H20N4O/c1-3-9-17(10-4-1)25-13-7-8-16-14-18-19(23-16)21-15-22-20(18)24-11-5-2-6-12-24/h1,3-4,9-10,14-15H,2,5-6,11-13H2,(H,21,22,23). The molecule has 0 aliphatic carbocycles. The lowest BCUT2D eigenvalue weighted by molar-refractivity contribution is 0.370. The second-order valence-corrected chi connectivity index (χ2v) is 6.09. The summed E-state index contributed by atoms with van der Waals surface area (Å²) in [5.74, 6) is 8.00. The number of nitrogens with one attached hydrogen (secondary N) is 1. The number of hydrogen-bond donors (Lipinski definition) is 1. The maximum Gasteiger partial charge on any atom is 0.149 e. The minimum Gasteiger partial charge on any atom is -0.481 e. The van der Waals surface area contributed by atoms with Gasteiger partial charge in [-0.2, -0.15) is 0 Å². The van der Waals surface area contributed by atoms with E-state index in [0.29, 0.717) is 6.61 Å². The van der Waals surface area contributed by atoms with Crippen LogP contribution in [0.25, 0.3) is 11.0 Å². The first-order valence-corrected chi connectivity index (χ1v) is 8.65. The second-order valence-electron chi connectivity index (χ2n) is 6.09. The number of ether oxygens (including phenoxy) is 1. The summed E-state index contributed by atoms with van der Waals surface area (Å²) >= 11 is 0. The predicted molar refractivity (Wildman–Crippen MR) is 98.8 cm³/mol. The number of aromatic amines is 1. The van der Waals surface area contributed by atoms with Gasteiger partial charge in [-0.25, -0.2) is 9.97 Å². The first-order valence-electron chi connectivity index (χ1n) is 8.65. The van der Waals surface area contributed by atoms with Crippen LogP contribution in [0, 0.1) is 11.8 Å². The molecule has 3 heterocycles. The molecule has 1 N–H and O–H groups in total. The number of anilines is 1. The zero-order valence-electron chi connectivity index (χ0n) is 14.0. The highest BCUT2D eigenvalue weighted by Crippen LogP contribution is 2.26. The van der Waals surface area contributed by atoms with E-state index in [1.54, 1.807) is 6.33 Å². The number of hydrogen-bond acceptors (Lipinski definition) is 4. The lowest BCUT2D eigenvalue weighted by Crippen LogP contribution is -2.30. The molecule has 0 amide bonds. The van der Waals surface area contributed by atoms with Crippen molar-refractivity contribution in [1.82, 2.24) is 15.0 Å². The fourth-order valence-electron chi connectivity index (χ4n) is 3.12. The Morgan fingerprint density at radius 3 is 2.76 bits per heavy atom. The van der Waals surface area contributed by atoms with Crippen LogP contribution in [-0.2, 0) is 0 Å². The summed E-state index contributed by atoms with van der Waals surface area (Å²) in [6, 6.07) is 11.7. The van der Waals surface area contributed by atoms with Crippen LogP contribution in [0.4, 0.5) is 5.82 Å². The van der Waals surface area contributed by atoms with E-state index in [1.165, 1.54) is 19.3 Å². The van der Waals surface area contributed by atoms with E-state index in [0.717, 1.165) is 41.4 Å². The largest absolute Gasteiger partial charge is 0.481 e. The molecule has 1 aromatic carbocycles. The van der Waals surface area contributed by atoms with Gasteiger partial charge >= 0.3 is 0 Å². The number of piperidine rings is 1. The number of aromatic nitrogens is 3. The van der Waals surface area contributed by atoms with E-state index >= 15 is 0 Å². The molecular formula is C20H20N4O. The van der Waals surface area contributed by atoms with Crippen LogP contribution in [0.15, 0.2) is 42.7 Å². The third-order valence-corrected chi connectivity index (χ3v) is 4.34. The highest BCUT2D eigenvalue weighted by molar-refractivity contribution is 5.88. The number of H-pyrrole nitrogens is 1. The van der Waals surface area contributed by atoms with E-state index in [2.05, 4.69) is 31.7 Å². The van der Waals surface area contributed by atoms with E-state index < -0.39 is 0 Å². The average Bonchev–Trinajstić information content (AvgIpc) is 3.10. The van der Waals surface area contributed by atoms with Gasteiger partial charge in [-0.05, 0) is 43.4 Å². The van der Waals surface area contributed by atoms with Gasteiger partial charge in [0.1, 0.15) is 30.1 Å². The van der Waals surface area contributed by atoms with Gasteiger partial charge in [-0.15, -0.1) is 0 Å². The summed E-state index contributed by atoms with van der Waals surface area (Å²) in [4.78, 5) is 14.5. The molecule has 0 spiro atoms. The maximum atomic E-state index is 5.60. The average molecular weight is 332 g/mol. The highest BCUT2D eigenvalue weighted by atomic mass is 16.5.